The lowest BCUT2D eigenvalue weighted by Crippen LogP contribution is -2.40. The molecule has 1 aromatic carbocycles. The fraction of sp³-hybridized carbons (Fsp3) is 0.250. The molecule has 1 aliphatic rings. The third-order valence-electron chi connectivity index (χ3n) is 2.55. The standard InChI is InChI=1S/C12H12N2O3/c1-7-3-2-4-8(5-7)11(16)13-9-6-10(15)14-12(9)17/h2-5,9H,6H2,1H3,(H,13,16)(H,14,15,17). The normalized spacial score (nSPS) is 19.0. The van der Waals surface area contributed by atoms with Crippen molar-refractivity contribution in [1.82, 2.24) is 10.6 Å². The average Bonchev–Trinajstić information content (AvgIpc) is 2.57. The van der Waals surface area contributed by atoms with Gasteiger partial charge in [0.1, 0.15) is 6.04 Å². The lowest BCUT2D eigenvalue weighted by Gasteiger charge is -2.09. The van der Waals surface area contributed by atoms with E-state index in [-0.39, 0.29) is 18.2 Å². The maximum Gasteiger partial charge on any atom is 0.251 e. The zero-order valence-electron chi connectivity index (χ0n) is 9.32. The molecule has 1 fully saturated rings. The van der Waals surface area contributed by atoms with E-state index in [0.29, 0.717) is 5.56 Å². The highest BCUT2D eigenvalue weighted by Gasteiger charge is 2.31. The first-order valence-electron chi connectivity index (χ1n) is 5.27. The van der Waals surface area contributed by atoms with Crippen molar-refractivity contribution in [3.8, 4) is 0 Å². The molecule has 0 spiro atoms. The van der Waals surface area contributed by atoms with Crippen molar-refractivity contribution >= 4 is 17.7 Å². The number of imide groups is 1. The van der Waals surface area contributed by atoms with Crippen LogP contribution in [0.5, 0.6) is 0 Å². The molecule has 2 rings (SSSR count). The topological polar surface area (TPSA) is 75.3 Å². The van der Waals surface area contributed by atoms with Gasteiger partial charge in [-0.1, -0.05) is 17.7 Å². The van der Waals surface area contributed by atoms with E-state index in [0.717, 1.165) is 5.56 Å². The van der Waals surface area contributed by atoms with Crippen molar-refractivity contribution in [2.75, 3.05) is 0 Å². The predicted octanol–water partition coefficient (Wildman–Crippen LogP) is 0.140. The monoisotopic (exact) mass is 232 g/mol. The Labute approximate surface area is 98.2 Å². The lowest BCUT2D eigenvalue weighted by atomic mass is 10.1. The Morgan fingerprint density at radius 2 is 2.18 bits per heavy atom. The molecule has 2 N–H and O–H groups in total. The molecule has 0 radical (unpaired) electrons. The number of amides is 3. The molecule has 3 amide bonds. The summed E-state index contributed by atoms with van der Waals surface area (Å²) in [6, 6.07) is 6.28. The van der Waals surface area contributed by atoms with Crippen LogP contribution in [-0.4, -0.2) is 23.8 Å². The van der Waals surface area contributed by atoms with Crippen LogP contribution in [-0.2, 0) is 9.59 Å². The summed E-state index contributed by atoms with van der Waals surface area (Å²) < 4.78 is 0. The average molecular weight is 232 g/mol. The molecular weight excluding hydrogens is 220 g/mol. The Morgan fingerprint density at radius 3 is 2.76 bits per heavy atom. The van der Waals surface area contributed by atoms with E-state index in [2.05, 4.69) is 10.6 Å². The van der Waals surface area contributed by atoms with Gasteiger partial charge < -0.3 is 5.32 Å². The number of nitrogens with one attached hydrogen (secondary N) is 2. The summed E-state index contributed by atoms with van der Waals surface area (Å²) in [6.45, 7) is 1.88. The third kappa shape index (κ3) is 2.50. The van der Waals surface area contributed by atoms with Crippen LogP contribution < -0.4 is 10.6 Å². The summed E-state index contributed by atoms with van der Waals surface area (Å²) in [4.78, 5) is 34.0. The second-order valence-corrected chi connectivity index (χ2v) is 4.01. The number of carbonyl (C=O) groups is 3. The molecule has 1 saturated heterocycles. The van der Waals surface area contributed by atoms with Gasteiger partial charge in [0, 0.05) is 5.56 Å². The Hall–Kier alpha value is -2.17. The number of carbonyl (C=O) groups excluding carboxylic acids is 3. The summed E-state index contributed by atoms with van der Waals surface area (Å²) in [6.07, 6.45) is 0.0103. The first-order chi connectivity index (χ1) is 8.06. The fourth-order valence-corrected chi connectivity index (χ4v) is 1.70. The number of hydrogen-bond acceptors (Lipinski definition) is 3. The molecule has 0 bridgehead atoms. The van der Waals surface area contributed by atoms with Crippen molar-refractivity contribution in [2.45, 2.75) is 19.4 Å². The highest BCUT2D eigenvalue weighted by atomic mass is 16.2. The Balaban J connectivity index is 2.07. The summed E-state index contributed by atoms with van der Waals surface area (Å²) in [7, 11) is 0. The van der Waals surface area contributed by atoms with Gasteiger partial charge in [0.15, 0.2) is 0 Å². The second kappa shape index (κ2) is 4.37. The molecule has 1 aliphatic heterocycles. The smallest absolute Gasteiger partial charge is 0.251 e. The molecule has 1 heterocycles. The number of benzene rings is 1. The van der Waals surface area contributed by atoms with Gasteiger partial charge >= 0.3 is 0 Å². The van der Waals surface area contributed by atoms with Gasteiger partial charge in [0.25, 0.3) is 5.91 Å². The van der Waals surface area contributed by atoms with Gasteiger partial charge in [0.05, 0.1) is 6.42 Å². The molecule has 17 heavy (non-hydrogen) atoms. The summed E-state index contributed by atoms with van der Waals surface area (Å²) in [5.74, 6) is -1.15. The van der Waals surface area contributed by atoms with Crippen LogP contribution in [0.1, 0.15) is 22.3 Å². The van der Waals surface area contributed by atoms with E-state index < -0.39 is 11.9 Å². The van der Waals surface area contributed by atoms with Crippen molar-refractivity contribution in [2.24, 2.45) is 0 Å². The molecule has 88 valence electrons. The summed E-state index contributed by atoms with van der Waals surface area (Å²) in [5.41, 5.74) is 1.45. The van der Waals surface area contributed by atoms with Crippen LogP contribution in [0.2, 0.25) is 0 Å². The van der Waals surface area contributed by atoms with E-state index in [1.165, 1.54) is 0 Å². The third-order valence-corrected chi connectivity index (χ3v) is 2.55. The number of rotatable bonds is 2. The second-order valence-electron chi connectivity index (χ2n) is 4.01. The maximum atomic E-state index is 11.8. The molecule has 1 aromatic rings. The van der Waals surface area contributed by atoms with Gasteiger partial charge in [-0.2, -0.15) is 0 Å². The highest BCUT2D eigenvalue weighted by Crippen LogP contribution is 2.06. The van der Waals surface area contributed by atoms with Crippen molar-refractivity contribution in [3.05, 3.63) is 35.4 Å². The van der Waals surface area contributed by atoms with Crippen molar-refractivity contribution in [3.63, 3.8) is 0 Å². The number of aryl methyl sites for hydroxylation is 1. The lowest BCUT2D eigenvalue weighted by molar-refractivity contribution is -0.125. The van der Waals surface area contributed by atoms with E-state index in [1.54, 1.807) is 18.2 Å². The van der Waals surface area contributed by atoms with Gasteiger partial charge in [-0.05, 0) is 19.1 Å². The molecule has 0 aliphatic carbocycles. The minimum atomic E-state index is -0.754. The van der Waals surface area contributed by atoms with Gasteiger partial charge in [0.2, 0.25) is 11.8 Å². The maximum absolute atomic E-state index is 11.8. The predicted molar refractivity (Wildman–Crippen MR) is 60.2 cm³/mol. The highest BCUT2D eigenvalue weighted by molar-refractivity contribution is 6.08. The molecule has 0 aromatic heterocycles. The van der Waals surface area contributed by atoms with E-state index in [1.807, 2.05) is 13.0 Å². The number of hydrogen-bond donors (Lipinski definition) is 2. The Kier molecular flexibility index (Phi) is 2.91. The fourth-order valence-electron chi connectivity index (χ4n) is 1.70. The summed E-state index contributed by atoms with van der Waals surface area (Å²) >= 11 is 0. The van der Waals surface area contributed by atoms with Crippen molar-refractivity contribution < 1.29 is 14.4 Å². The first kappa shape index (κ1) is 11.3. The molecule has 5 nitrogen and oxygen atoms in total. The van der Waals surface area contributed by atoms with Gasteiger partial charge in [-0.15, -0.1) is 0 Å². The molecule has 1 atom stereocenters. The van der Waals surface area contributed by atoms with Crippen LogP contribution in [0.3, 0.4) is 0 Å². The quantitative estimate of drug-likeness (QED) is 0.712. The zero-order chi connectivity index (χ0) is 12.4. The van der Waals surface area contributed by atoms with Crippen LogP contribution in [0.15, 0.2) is 24.3 Å². The van der Waals surface area contributed by atoms with E-state index in [9.17, 15) is 14.4 Å². The van der Waals surface area contributed by atoms with Crippen LogP contribution in [0.4, 0.5) is 0 Å². The van der Waals surface area contributed by atoms with Crippen LogP contribution in [0.25, 0.3) is 0 Å². The Bertz CT molecular complexity index is 496. The van der Waals surface area contributed by atoms with E-state index >= 15 is 0 Å². The van der Waals surface area contributed by atoms with Gasteiger partial charge in [-0.3, -0.25) is 19.7 Å². The first-order valence-corrected chi connectivity index (χ1v) is 5.27. The molecule has 0 saturated carbocycles. The van der Waals surface area contributed by atoms with Crippen LogP contribution >= 0.6 is 0 Å². The SMILES string of the molecule is Cc1cccc(C(=O)NC2CC(=O)NC2=O)c1. The van der Waals surface area contributed by atoms with Gasteiger partial charge in [-0.25, -0.2) is 0 Å². The van der Waals surface area contributed by atoms with Crippen molar-refractivity contribution in [1.29, 1.82) is 0 Å². The Morgan fingerprint density at radius 1 is 1.41 bits per heavy atom. The van der Waals surface area contributed by atoms with Crippen LogP contribution in [0, 0.1) is 6.92 Å². The largest absolute Gasteiger partial charge is 0.340 e. The molecule has 1 unspecified atom stereocenters. The summed E-state index contributed by atoms with van der Waals surface area (Å²) in [5, 5.41) is 4.67. The minimum Gasteiger partial charge on any atom is -0.340 e. The van der Waals surface area contributed by atoms with E-state index in [4.69, 9.17) is 0 Å². The molecular formula is C12H12N2O3. The molecule has 5 heteroatoms. The zero-order valence-corrected chi connectivity index (χ0v) is 9.32. The minimum absolute atomic E-state index is 0.0103.